The summed E-state index contributed by atoms with van der Waals surface area (Å²) in [5, 5.41) is 0. The first-order valence-electron chi connectivity index (χ1n) is 8.54. The topological polar surface area (TPSA) is 72.9 Å². The lowest BCUT2D eigenvalue weighted by Crippen LogP contribution is -2.42. The van der Waals surface area contributed by atoms with Gasteiger partial charge < -0.3 is 4.74 Å². The van der Waals surface area contributed by atoms with E-state index in [1.54, 1.807) is 39.0 Å². The molecule has 1 aromatic rings. The molecule has 0 heterocycles. The summed E-state index contributed by atoms with van der Waals surface area (Å²) in [6, 6.07) is 8.06. The van der Waals surface area contributed by atoms with E-state index in [1.807, 2.05) is 0 Å². The monoisotopic (exact) mass is 371 g/mol. The van der Waals surface area contributed by atoms with Crippen LogP contribution < -0.4 is 4.31 Å². The molecule has 1 atom stereocenters. The Hall–Kier alpha value is -1.60. The summed E-state index contributed by atoms with van der Waals surface area (Å²) in [5.74, 6) is 0.502. The first-order valence-corrected chi connectivity index (χ1v) is 9.91. The zero-order valence-corrected chi connectivity index (χ0v) is 16.5. The van der Waals surface area contributed by atoms with Gasteiger partial charge in [-0.2, -0.15) is 8.42 Å². The molecule has 0 saturated carbocycles. The molecule has 0 saturated heterocycles. The molecular formula is C18H29NO5S. The van der Waals surface area contributed by atoms with Gasteiger partial charge in [0.05, 0.1) is 12.3 Å². The summed E-state index contributed by atoms with van der Waals surface area (Å²) in [7, 11) is -4.29. The second kappa shape index (κ2) is 9.20. The van der Waals surface area contributed by atoms with Crippen LogP contribution in [0.1, 0.15) is 53.9 Å². The summed E-state index contributed by atoms with van der Waals surface area (Å²) in [6.45, 7) is 9.24. The van der Waals surface area contributed by atoms with Gasteiger partial charge in [-0.3, -0.25) is 4.18 Å². The Bertz CT molecular complexity index is 637. The van der Waals surface area contributed by atoms with Crippen LogP contribution in [0.5, 0.6) is 0 Å². The molecule has 0 fully saturated rings. The maximum Gasteiger partial charge on any atom is 0.430 e. The van der Waals surface area contributed by atoms with E-state index in [4.69, 9.17) is 8.92 Å². The van der Waals surface area contributed by atoms with Gasteiger partial charge in [0.15, 0.2) is 0 Å². The molecule has 0 bridgehead atoms. The number of nitrogens with zero attached hydrogens (tertiary/aromatic N) is 1. The number of para-hydroxylation sites is 1. The van der Waals surface area contributed by atoms with E-state index in [1.165, 1.54) is 12.1 Å². The van der Waals surface area contributed by atoms with Crippen molar-refractivity contribution in [1.29, 1.82) is 0 Å². The first-order chi connectivity index (χ1) is 11.6. The highest BCUT2D eigenvalue weighted by Crippen LogP contribution is 2.22. The maximum absolute atomic E-state index is 12.6. The van der Waals surface area contributed by atoms with Gasteiger partial charge in [0.25, 0.3) is 0 Å². The van der Waals surface area contributed by atoms with Crippen LogP contribution in [0.2, 0.25) is 0 Å². The molecule has 7 heteroatoms. The molecule has 1 amide bonds. The third kappa shape index (κ3) is 7.44. The minimum atomic E-state index is -4.29. The van der Waals surface area contributed by atoms with Crippen LogP contribution in [0.4, 0.5) is 10.5 Å². The van der Waals surface area contributed by atoms with Crippen LogP contribution >= 0.6 is 0 Å². The van der Waals surface area contributed by atoms with Gasteiger partial charge in [-0.1, -0.05) is 38.5 Å². The fourth-order valence-corrected chi connectivity index (χ4v) is 3.08. The number of rotatable bonds is 8. The van der Waals surface area contributed by atoms with Gasteiger partial charge in [-0.15, -0.1) is 4.31 Å². The normalized spacial score (nSPS) is 13.3. The summed E-state index contributed by atoms with van der Waals surface area (Å²) < 4.78 is 36.0. The molecule has 1 aromatic carbocycles. The van der Waals surface area contributed by atoms with E-state index in [9.17, 15) is 13.2 Å². The van der Waals surface area contributed by atoms with Crippen molar-refractivity contribution >= 4 is 22.1 Å². The Morgan fingerprint density at radius 3 is 2.32 bits per heavy atom. The summed E-state index contributed by atoms with van der Waals surface area (Å²) >= 11 is 0. The van der Waals surface area contributed by atoms with E-state index in [0.717, 1.165) is 12.8 Å². The van der Waals surface area contributed by atoms with Crippen LogP contribution in [-0.4, -0.2) is 26.7 Å². The van der Waals surface area contributed by atoms with E-state index >= 15 is 0 Å². The predicted molar refractivity (Wildman–Crippen MR) is 98.7 cm³/mol. The Kier molecular flexibility index (Phi) is 7.89. The lowest BCUT2D eigenvalue weighted by Gasteiger charge is -2.26. The first kappa shape index (κ1) is 21.4. The number of ether oxygens (including phenoxy) is 1. The average molecular weight is 371 g/mol. The standard InChI is InChI=1S/C18H29NO5S/c1-6-15(2)11-10-14-23-25(21,22)19(16-12-8-7-9-13-16)17(20)24-18(3,4)5/h7-9,12-13,15H,6,10-11,14H2,1-5H3. The number of hydrogen-bond acceptors (Lipinski definition) is 5. The molecule has 0 radical (unpaired) electrons. The second-order valence-corrected chi connectivity index (χ2v) is 8.47. The van der Waals surface area contributed by atoms with E-state index in [-0.39, 0.29) is 12.3 Å². The zero-order valence-electron chi connectivity index (χ0n) is 15.7. The summed E-state index contributed by atoms with van der Waals surface area (Å²) in [5.41, 5.74) is -0.644. The molecule has 0 aliphatic rings. The highest BCUT2D eigenvalue weighted by atomic mass is 32.2. The van der Waals surface area contributed by atoms with E-state index < -0.39 is 22.0 Å². The van der Waals surface area contributed by atoms with Gasteiger partial charge >= 0.3 is 16.4 Å². The highest BCUT2D eigenvalue weighted by molar-refractivity contribution is 7.89. The van der Waals surface area contributed by atoms with Crippen LogP contribution in [0.25, 0.3) is 0 Å². The van der Waals surface area contributed by atoms with Gasteiger partial charge in [-0.25, -0.2) is 4.79 Å². The van der Waals surface area contributed by atoms with Crippen molar-refractivity contribution < 1.29 is 22.1 Å². The van der Waals surface area contributed by atoms with Crippen LogP contribution in [0, 0.1) is 5.92 Å². The van der Waals surface area contributed by atoms with Crippen molar-refractivity contribution in [2.24, 2.45) is 5.92 Å². The van der Waals surface area contributed by atoms with Crippen molar-refractivity contribution in [3.63, 3.8) is 0 Å². The molecule has 0 aliphatic carbocycles. The third-order valence-corrected chi connectivity index (χ3v) is 4.82. The fourth-order valence-electron chi connectivity index (χ4n) is 2.05. The Morgan fingerprint density at radius 1 is 1.20 bits per heavy atom. The Balaban J connectivity index is 2.92. The highest BCUT2D eigenvalue weighted by Gasteiger charge is 2.34. The fraction of sp³-hybridized carbons (Fsp3) is 0.611. The van der Waals surface area contributed by atoms with Crippen molar-refractivity contribution in [1.82, 2.24) is 0 Å². The summed E-state index contributed by atoms with van der Waals surface area (Å²) in [4.78, 5) is 12.4. The van der Waals surface area contributed by atoms with Crippen LogP contribution in [0.15, 0.2) is 30.3 Å². The van der Waals surface area contributed by atoms with Gasteiger partial charge in [0.1, 0.15) is 5.60 Å². The number of carbonyl (C=O) groups excluding carboxylic acids is 1. The second-order valence-electron chi connectivity index (χ2n) is 7.02. The maximum atomic E-state index is 12.6. The van der Waals surface area contributed by atoms with E-state index in [0.29, 0.717) is 16.6 Å². The predicted octanol–water partition coefficient (Wildman–Crippen LogP) is 4.52. The number of hydrogen-bond donors (Lipinski definition) is 0. The number of carbonyl (C=O) groups is 1. The SMILES string of the molecule is CCC(C)CCCOS(=O)(=O)N(C(=O)OC(C)(C)C)c1ccccc1. The minimum Gasteiger partial charge on any atom is -0.443 e. The van der Waals surface area contributed by atoms with Gasteiger partial charge in [0.2, 0.25) is 0 Å². The molecule has 6 nitrogen and oxygen atoms in total. The Morgan fingerprint density at radius 2 is 1.80 bits per heavy atom. The largest absolute Gasteiger partial charge is 0.443 e. The molecule has 142 valence electrons. The molecule has 0 spiro atoms. The lowest BCUT2D eigenvalue weighted by molar-refractivity contribution is 0.0604. The van der Waals surface area contributed by atoms with Gasteiger partial charge in [-0.05, 0) is 51.7 Å². The van der Waals surface area contributed by atoms with Crippen LogP contribution in [-0.2, 0) is 19.2 Å². The van der Waals surface area contributed by atoms with Crippen molar-refractivity contribution in [3.05, 3.63) is 30.3 Å². The molecule has 1 unspecified atom stereocenters. The number of amides is 1. The summed E-state index contributed by atoms with van der Waals surface area (Å²) in [6.07, 6.45) is 1.51. The third-order valence-electron chi connectivity index (χ3n) is 3.54. The molecule has 0 aromatic heterocycles. The van der Waals surface area contributed by atoms with Crippen molar-refractivity contribution in [3.8, 4) is 0 Å². The number of benzene rings is 1. The molecular weight excluding hydrogens is 342 g/mol. The molecule has 1 rings (SSSR count). The molecule has 25 heavy (non-hydrogen) atoms. The quantitative estimate of drug-likeness (QED) is 0.628. The number of anilines is 1. The Labute approximate surface area is 151 Å². The molecule has 0 aliphatic heterocycles. The molecule has 0 N–H and O–H groups in total. The minimum absolute atomic E-state index is 0.0266. The lowest BCUT2D eigenvalue weighted by atomic mass is 10.0. The average Bonchev–Trinajstić information content (AvgIpc) is 2.50. The van der Waals surface area contributed by atoms with Crippen LogP contribution in [0.3, 0.4) is 0 Å². The van der Waals surface area contributed by atoms with E-state index in [2.05, 4.69) is 13.8 Å². The smallest absolute Gasteiger partial charge is 0.430 e. The van der Waals surface area contributed by atoms with Gasteiger partial charge in [0, 0.05) is 0 Å². The van der Waals surface area contributed by atoms with Crippen molar-refractivity contribution in [2.45, 2.75) is 59.5 Å². The zero-order chi connectivity index (χ0) is 19.1. The van der Waals surface area contributed by atoms with Crippen molar-refractivity contribution in [2.75, 3.05) is 10.9 Å².